The summed E-state index contributed by atoms with van der Waals surface area (Å²) >= 11 is 0. The predicted octanol–water partition coefficient (Wildman–Crippen LogP) is -0.920. The van der Waals surface area contributed by atoms with Crippen molar-refractivity contribution in [2.24, 2.45) is 0 Å². The Hall–Kier alpha value is 1.95. The average molecular weight is 195 g/mol. The summed E-state index contributed by atoms with van der Waals surface area (Å²) in [5.74, 6) is 0. The van der Waals surface area contributed by atoms with E-state index in [-0.39, 0.29) is 68.9 Å². The molecule has 0 rings (SSSR count). The summed E-state index contributed by atoms with van der Waals surface area (Å²) in [6, 6.07) is 0. The second kappa shape index (κ2) is 16.8. The van der Waals surface area contributed by atoms with Crippen LogP contribution in [0.1, 0.15) is 6.92 Å². The van der Waals surface area contributed by atoms with Crippen molar-refractivity contribution >= 4 is 45.5 Å². The Morgan fingerprint density at radius 3 is 1.60 bits per heavy atom. The molecule has 0 unspecified atom stereocenters. The molecule has 1 radical (unpaired) electrons. The van der Waals surface area contributed by atoms with Crippen LogP contribution in [-0.2, 0) is 16.8 Å². The molecular weight excluding hydrogens is 187 g/mol. The van der Waals surface area contributed by atoms with E-state index in [1.165, 1.54) is 0 Å². The Bertz CT molecular complexity index is 9.61. The molecule has 5 heavy (non-hydrogen) atoms. The molecule has 0 aromatic heterocycles. The quantitative estimate of drug-likeness (QED) is 0.495. The van der Waals surface area contributed by atoms with Gasteiger partial charge in [0.15, 0.2) is 0 Å². The van der Waals surface area contributed by atoms with E-state index in [4.69, 9.17) is 5.11 Å². The molecule has 0 amide bonds. The monoisotopic (exact) mass is 195 g/mol. The third kappa shape index (κ3) is 24.4. The summed E-state index contributed by atoms with van der Waals surface area (Å²) in [4.78, 5) is 0. The standard InChI is InChI=1S/C2H6O.Co.Sr.2H/c1-2-3;;;;/h3H,2H2,1H3;;;;. The van der Waals surface area contributed by atoms with E-state index in [0.29, 0.717) is 0 Å². The van der Waals surface area contributed by atoms with Gasteiger partial charge in [0.25, 0.3) is 0 Å². The van der Waals surface area contributed by atoms with Gasteiger partial charge in [0, 0.05) is 23.4 Å². The number of rotatable bonds is 0. The van der Waals surface area contributed by atoms with Crippen LogP contribution in [0.5, 0.6) is 0 Å². The molecule has 0 bridgehead atoms. The van der Waals surface area contributed by atoms with Gasteiger partial charge in [-0.05, 0) is 6.92 Å². The number of hydrogen-bond acceptors (Lipinski definition) is 1. The van der Waals surface area contributed by atoms with Crippen molar-refractivity contribution in [2.75, 3.05) is 6.61 Å². The molecule has 1 N–H and O–H groups in total. The first-order chi connectivity index (χ1) is 1.41. The van der Waals surface area contributed by atoms with Gasteiger partial charge in [-0.25, -0.2) is 0 Å². The van der Waals surface area contributed by atoms with E-state index < -0.39 is 0 Å². The van der Waals surface area contributed by atoms with Crippen molar-refractivity contribution < 1.29 is 21.9 Å². The SMILES string of the molecule is CCO.[Co].[SrH2]. The van der Waals surface area contributed by atoms with Crippen LogP contribution in [0.3, 0.4) is 0 Å². The zero-order chi connectivity index (χ0) is 2.71. The first-order valence-corrected chi connectivity index (χ1v) is 1.02. The zero-order valence-corrected chi connectivity index (χ0v) is 3.53. The molecule has 1 nitrogen and oxygen atoms in total. The van der Waals surface area contributed by atoms with Crippen molar-refractivity contribution in [3.05, 3.63) is 0 Å². The molecule has 3 heteroatoms. The maximum absolute atomic E-state index is 7.57. The fourth-order valence-electron chi connectivity index (χ4n) is 0. The van der Waals surface area contributed by atoms with Gasteiger partial charge in [0.05, 0.1) is 0 Å². The predicted molar refractivity (Wildman–Crippen MR) is 21.3 cm³/mol. The second-order valence-corrected chi connectivity index (χ2v) is 0.316. The molecule has 0 aliphatic carbocycles. The van der Waals surface area contributed by atoms with E-state index in [2.05, 4.69) is 0 Å². The number of aliphatic hydroxyl groups excluding tert-OH is 1. The Labute approximate surface area is 79.6 Å². The summed E-state index contributed by atoms with van der Waals surface area (Å²) in [5, 5.41) is 7.57. The van der Waals surface area contributed by atoms with Crippen molar-refractivity contribution in [2.45, 2.75) is 6.92 Å². The number of hydrogen-bond donors (Lipinski definition) is 1. The third-order valence-electron chi connectivity index (χ3n) is 0. The Balaban J connectivity index is -0.0000000200. The summed E-state index contributed by atoms with van der Waals surface area (Å²) in [7, 11) is 0. The maximum atomic E-state index is 7.57. The van der Waals surface area contributed by atoms with Gasteiger partial charge in [-0.15, -0.1) is 0 Å². The molecule has 33 valence electrons. The molecule has 0 atom stereocenters. The zero-order valence-electron chi connectivity index (χ0n) is 2.49. The molecular formula is C2H8CoOSr. The van der Waals surface area contributed by atoms with Gasteiger partial charge < -0.3 is 5.11 Å². The Morgan fingerprint density at radius 2 is 1.60 bits per heavy atom. The van der Waals surface area contributed by atoms with Crippen LogP contribution in [0, 0.1) is 0 Å². The minimum absolute atomic E-state index is 0. The Kier molecular flexibility index (Phi) is 52.9. The summed E-state index contributed by atoms with van der Waals surface area (Å²) in [6.07, 6.45) is 0. The molecule has 0 saturated heterocycles. The van der Waals surface area contributed by atoms with Crippen LogP contribution < -0.4 is 0 Å². The van der Waals surface area contributed by atoms with E-state index in [0.717, 1.165) is 0 Å². The fourth-order valence-corrected chi connectivity index (χ4v) is 0. The van der Waals surface area contributed by atoms with Crippen LogP contribution in [0.2, 0.25) is 0 Å². The fraction of sp³-hybridized carbons (Fsp3) is 1.00. The van der Waals surface area contributed by atoms with Crippen molar-refractivity contribution in [1.82, 2.24) is 0 Å². The van der Waals surface area contributed by atoms with Crippen molar-refractivity contribution in [3.8, 4) is 0 Å². The first kappa shape index (κ1) is 15.8. The topological polar surface area (TPSA) is 20.2 Å². The Morgan fingerprint density at radius 1 is 1.60 bits per heavy atom. The van der Waals surface area contributed by atoms with Gasteiger partial charge in [-0.3, -0.25) is 0 Å². The summed E-state index contributed by atoms with van der Waals surface area (Å²) in [5.41, 5.74) is 0. The summed E-state index contributed by atoms with van der Waals surface area (Å²) in [6.45, 7) is 1.93. The van der Waals surface area contributed by atoms with Gasteiger partial charge in [-0.2, -0.15) is 0 Å². The van der Waals surface area contributed by atoms with Gasteiger partial charge in [0.2, 0.25) is 0 Å². The van der Waals surface area contributed by atoms with Gasteiger partial charge in [0.1, 0.15) is 0 Å². The molecule has 0 heterocycles. The third-order valence-corrected chi connectivity index (χ3v) is 0. The van der Waals surface area contributed by atoms with E-state index in [9.17, 15) is 0 Å². The van der Waals surface area contributed by atoms with Crippen LogP contribution >= 0.6 is 0 Å². The van der Waals surface area contributed by atoms with Crippen LogP contribution in [0.25, 0.3) is 0 Å². The molecule has 0 aliphatic heterocycles. The molecule has 0 aliphatic rings. The van der Waals surface area contributed by atoms with E-state index in [1.54, 1.807) is 6.92 Å². The van der Waals surface area contributed by atoms with Gasteiger partial charge >= 0.3 is 45.5 Å². The average Bonchev–Trinajstić information content (AvgIpc) is 0.918. The molecule has 0 saturated carbocycles. The van der Waals surface area contributed by atoms with Crippen LogP contribution in [0.15, 0.2) is 0 Å². The normalized spacial score (nSPS) is 3.60. The van der Waals surface area contributed by atoms with Gasteiger partial charge in [-0.1, -0.05) is 0 Å². The van der Waals surface area contributed by atoms with E-state index in [1.807, 2.05) is 0 Å². The summed E-state index contributed by atoms with van der Waals surface area (Å²) < 4.78 is 0. The van der Waals surface area contributed by atoms with Crippen LogP contribution in [0.4, 0.5) is 0 Å². The molecule has 0 aromatic carbocycles. The van der Waals surface area contributed by atoms with Crippen LogP contribution in [-0.4, -0.2) is 57.2 Å². The molecule has 0 aromatic rings. The molecule has 0 spiro atoms. The van der Waals surface area contributed by atoms with Crippen molar-refractivity contribution in [3.63, 3.8) is 0 Å². The number of aliphatic hydroxyl groups is 1. The minimum atomic E-state index is 0. The first-order valence-electron chi connectivity index (χ1n) is 1.02. The molecule has 0 fully saturated rings. The van der Waals surface area contributed by atoms with Crippen molar-refractivity contribution in [1.29, 1.82) is 0 Å². The van der Waals surface area contributed by atoms with E-state index >= 15 is 0 Å². The second-order valence-electron chi connectivity index (χ2n) is 0.316.